The molecule has 0 saturated heterocycles. The molecule has 37 heavy (non-hydrogen) atoms. The number of hydrogen-bond acceptors (Lipinski definition) is 6. The molecule has 0 saturated carbocycles. The second-order valence-electron chi connectivity index (χ2n) is 9.29. The zero-order valence-electron chi connectivity index (χ0n) is 21.3. The van der Waals surface area contributed by atoms with Crippen LogP contribution >= 0.6 is 0 Å². The van der Waals surface area contributed by atoms with E-state index in [9.17, 15) is 14.7 Å². The van der Waals surface area contributed by atoms with Crippen molar-refractivity contribution >= 4 is 32.1 Å². The van der Waals surface area contributed by atoms with Gasteiger partial charge in [0.25, 0.3) is 0 Å². The Hall–Kier alpha value is -3.70. The molecule has 2 N–H and O–H groups in total. The summed E-state index contributed by atoms with van der Waals surface area (Å²) < 4.78 is 4.82. The van der Waals surface area contributed by atoms with Gasteiger partial charge in [0.1, 0.15) is 0 Å². The van der Waals surface area contributed by atoms with E-state index in [0.29, 0.717) is 24.3 Å². The van der Waals surface area contributed by atoms with Crippen LogP contribution in [0.1, 0.15) is 43.9 Å². The number of carbonyl (C=O) groups excluding carboxylic acids is 1. The molecule has 0 aliphatic rings. The molecule has 2 aromatic carbocycles. The summed E-state index contributed by atoms with van der Waals surface area (Å²) in [6.07, 6.45) is 2.07. The monoisotopic (exact) mass is 559 g/mol. The molecule has 0 amide bonds. The van der Waals surface area contributed by atoms with Crippen molar-refractivity contribution in [1.29, 1.82) is 0 Å². The Labute approximate surface area is 223 Å². The van der Waals surface area contributed by atoms with E-state index in [2.05, 4.69) is 15.5 Å². The summed E-state index contributed by atoms with van der Waals surface area (Å²) in [4.78, 5) is 29.4. The largest absolute Gasteiger partial charge is 0.0167 e. The van der Waals surface area contributed by atoms with E-state index in [0.717, 1.165) is 44.9 Å². The molecule has 0 aliphatic carbocycles. The van der Waals surface area contributed by atoms with Crippen LogP contribution in [0.25, 0.3) is 11.3 Å². The normalized spacial score (nSPS) is 12.1. The zero-order valence-corrected chi connectivity index (χ0v) is 23.4. The van der Waals surface area contributed by atoms with Gasteiger partial charge < -0.3 is 0 Å². The Morgan fingerprint density at radius 1 is 0.973 bits per heavy atom. The first kappa shape index (κ1) is 26.4. The fourth-order valence-electron chi connectivity index (χ4n) is 4.35. The first-order chi connectivity index (χ1) is 17.7. The van der Waals surface area contributed by atoms with E-state index >= 15 is 0 Å². The second-order valence-corrected chi connectivity index (χ2v) is 12.3. The molecule has 190 valence electrons. The summed E-state index contributed by atoms with van der Waals surface area (Å²) in [6, 6.07) is 17.3. The standard InChI is InChI=1S/C29H30AsN3O4/c1-17-9-10-31-26(13-17)32-16-23-15-25(37-33-23)22-7-5-21(6-8-22)14-24(29(35)36)30-28(34)27-19(3)11-18(2)12-20(27)4/h5-13,15,24,30H,14,16H2,1-4H3,(H,31,32)(H,35,36). The van der Waals surface area contributed by atoms with Crippen LogP contribution in [0.3, 0.4) is 0 Å². The Morgan fingerprint density at radius 3 is 2.32 bits per heavy atom. The number of aliphatic carboxylic acids is 1. The van der Waals surface area contributed by atoms with Crippen LogP contribution in [-0.4, -0.2) is 41.5 Å². The van der Waals surface area contributed by atoms with Crippen molar-refractivity contribution in [2.45, 2.75) is 45.4 Å². The summed E-state index contributed by atoms with van der Waals surface area (Å²) >= 11 is -1.41. The Morgan fingerprint density at radius 2 is 1.68 bits per heavy atom. The van der Waals surface area contributed by atoms with Crippen LogP contribution in [0.15, 0.2) is 65.3 Å². The minimum Gasteiger partial charge on any atom is -0.0167 e. The van der Waals surface area contributed by atoms with Crippen molar-refractivity contribution in [3.63, 3.8) is 0 Å². The van der Waals surface area contributed by atoms with Crippen LogP contribution in [0.2, 0.25) is 4.71 Å². The average Bonchev–Trinajstić information content (AvgIpc) is 3.31. The van der Waals surface area contributed by atoms with Gasteiger partial charge in [-0.25, -0.2) is 4.98 Å². The van der Waals surface area contributed by atoms with Gasteiger partial charge in [0.05, 0.1) is 0 Å². The van der Waals surface area contributed by atoms with Gasteiger partial charge in [0, 0.05) is 6.20 Å². The number of nitrogens with zero attached hydrogens (tertiary/aromatic N) is 2. The third kappa shape index (κ3) is 6.75. The summed E-state index contributed by atoms with van der Waals surface area (Å²) in [5.74, 6) is 0.482. The number of carboxylic acid groups (broad SMARTS) is 1. The Kier molecular flexibility index (Phi) is 8.24. The second kappa shape index (κ2) is 11.6. The first-order valence-corrected chi connectivity index (χ1v) is 14.3. The van der Waals surface area contributed by atoms with E-state index in [1.807, 2.05) is 82.3 Å². The third-order valence-electron chi connectivity index (χ3n) is 6.11. The maximum atomic E-state index is 13.1. The van der Waals surface area contributed by atoms with Crippen molar-refractivity contribution in [2.24, 2.45) is 0 Å². The van der Waals surface area contributed by atoms with E-state index in [1.54, 1.807) is 6.20 Å². The van der Waals surface area contributed by atoms with Gasteiger partial charge in [-0.15, -0.1) is 0 Å². The van der Waals surface area contributed by atoms with Gasteiger partial charge in [-0.05, 0) is 24.6 Å². The molecule has 0 aliphatic heterocycles. The molecular weight excluding hydrogens is 529 g/mol. The minimum atomic E-state index is -1.41. The number of aryl methyl sites for hydroxylation is 4. The van der Waals surface area contributed by atoms with E-state index in [4.69, 9.17) is 4.52 Å². The number of benzene rings is 2. The molecule has 0 bridgehead atoms. The first-order valence-electron chi connectivity index (χ1n) is 12.0. The number of carboxylic acids is 1. The molecule has 7 nitrogen and oxygen atoms in total. The molecule has 2 atom stereocenters. The molecule has 0 radical (unpaired) electrons. The summed E-state index contributed by atoms with van der Waals surface area (Å²) in [5.41, 5.74) is 7.20. The maximum Gasteiger partial charge on any atom is -0.0167 e. The Bertz CT molecular complexity index is 1410. The quantitative estimate of drug-likeness (QED) is 0.255. The molecule has 0 spiro atoms. The molecule has 0 fully saturated rings. The van der Waals surface area contributed by atoms with Crippen LogP contribution in [0.5, 0.6) is 0 Å². The molecule has 8 heteroatoms. The maximum absolute atomic E-state index is 13.1. The van der Waals surface area contributed by atoms with Gasteiger partial charge in [-0.1, -0.05) is 0 Å². The molecule has 4 aromatic rings. The smallest absolute Gasteiger partial charge is 0.0167 e. The predicted molar refractivity (Wildman–Crippen MR) is 145 cm³/mol. The number of nitrogens with one attached hydrogen (secondary N) is 1. The number of carbonyl (C=O) groups is 2. The van der Waals surface area contributed by atoms with Gasteiger partial charge in [-0.3, -0.25) is 0 Å². The van der Waals surface area contributed by atoms with E-state index < -0.39 is 26.4 Å². The molecule has 2 heterocycles. The Balaban J connectivity index is 1.40. The third-order valence-corrected chi connectivity index (χ3v) is 8.86. The van der Waals surface area contributed by atoms with Crippen LogP contribution in [0, 0.1) is 27.7 Å². The SMILES string of the molecule is Cc1ccnc(NCc2cc(-c3ccc(CC([AsH]C(=O)c4c(C)cc(C)cc4C)C(=O)O)cc3)on2)c1. The zero-order chi connectivity index (χ0) is 26.5. The molecule has 2 unspecified atom stereocenters. The summed E-state index contributed by atoms with van der Waals surface area (Å²) in [7, 11) is 0. The van der Waals surface area contributed by atoms with Crippen molar-refractivity contribution < 1.29 is 19.2 Å². The number of anilines is 1. The van der Waals surface area contributed by atoms with Crippen LogP contribution in [0.4, 0.5) is 5.82 Å². The van der Waals surface area contributed by atoms with Crippen molar-refractivity contribution in [1.82, 2.24) is 10.1 Å². The van der Waals surface area contributed by atoms with Gasteiger partial charge in [-0.2, -0.15) is 0 Å². The van der Waals surface area contributed by atoms with Gasteiger partial charge in [0.15, 0.2) is 0 Å². The summed E-state index contributed by atoms with van der Waals surface area (Å²) in [6.45, 7) is 8.32. The van der Waals surface area contributed by atoms with Crippen LogP contribution < -0.4 is 5.32 Å². The van der Waals surface area contributed by atoms with Crippen molar-refractivity contribution in [2.75, 3.05) is 5.32 Å². The fraction of sp³-hybridized carbons (Fsp3) is 0.241. The van der Waals surface area contributed by atoms with Crippen LogP contribution in [-0.2, 0) is 17.8 Å². The summed E-state index contributed by atoms with van der Waals surface area (Å²) in [5, 5.41) is 17.2. The van der Waals surface area contributed by atoms with Gasteiger partial charge >= 0.3 is 188 Å². The van der Waals surface area contributed by atoms with Crippen molar-refractivity contribution in [3.8, 4) is 11.3 Å². The average molecular weight is 559 g/mol. The number of pyridine rings is 1. The number of hydrogen-bond donors (Lipinski definition) is 2. The van der Waals surface area contributed by atoms with Gasteiger partial charge in [0.2, 0.25) is 0 Å². The fourth-order valence-corrected chi connectivity index (χ4v) is 7.12. The molecule has 2 aromatic heterocycles. The van der Waals surface area contributed by atoms with E-state index in [1.165, 1.54) is 0 Å². The molecular formula is C29H30AsN3O4. The predicted octanol–water partition coefficient (Wildman–Crippen LogP) is 5.27. The number of aromatic nitrogens is 2. The minimum absolute atomic E-state index is 0.0114. The molecule has 4 rings (SSSR count). The number of rotatable bonds is 10. The van der Waals surface area contributed by atoms with E-state index in [-0.39, 0.29) is 4.57 Å². The topological polar surface area (TPSA) is 105 Å². The van der Waals surface area contributed by atoms with Crippen molar-refractivity contribution in [3.05, 3.63) is 99.9 Å².